The molecule has 5 heterocycles. The number of pyridine rings is 1. The molecule has 0 amide bonds. The predicted octanol–water partition coefficient (Wildman–Crippen LogP) is 2.20. The first-order chi connectivity index (χ1) is 15.1. The van der Waals surface area contributed by atoms with E-state index in [-0.39, 0.29) is 23.2 Å². The molecule has 1 aliphatic carbocycles. The van der Waals surface area contributed by atoms with Crippen molar-refractivity contribution < 1.29 is 9.13 Å². The van der Waals surface area contributed by atoms with E-state index < -0.39 is 5.82 Å². The van der Waals surface area contributed by atoms with Crippen LogP contribution < -0.4 is 20.7 Å². The Morgan fingerprint density at radius 2 is 2.19 bits per heavy atom. The standard InChI is InChI=1S/C20H20FN9O/c1-23-17-15-14(25-9-26-17)13-16(27-15)28-19(31-11-4-10(21)6-24-7-11)29-18(13)30-3-2-20(8-30)5-12(20)22/h4,6-7,9,12H,2-3,5,8,22H2,1H3,(H,23,25,26)(H,27,28,29). The van der Waals surface area contributed by atoms with Gasteiger partial charge in [0.25, 0.3) is 0 Å². The Bertz CT molecular complexity index is 1320. The summed E-state index contributed by atoms with van der Waals surface area (Å²) >= 11 is 0. The second-order valence-electron chi connectivity index (χ2n) is 8.16. The summed E-state index contributed by atoms with van der Waals surface area (Å²) in [5.41, 5.74) is 8.39. The SMILES string of the molecule is CNc1ncnc2c1[nH]c1nc(Oc3cncc(F)c3)nc(N3CCC4(CC4N)C3)c12. The number of hydrogen-bond acceptors (Lipinski definition) is 9. The molecule has 2 aliphatic rings. The number of H-pyrrole nitrogens is 1. The fraction of sp³-hybridized carbons (Fsp3) is 0.350. The maximum atomic E-state index is 13.6. The lowest BCUT2D eigenvalue weighted by atomic mass is 10.1. The van der Waals surface area contributed by atoms with Crippen molar-refractivity contribution >= 4 is 33.7 Å². The molecule has 0 bridgehead atoms. The van der Waals surface area contributed by atoms with Crippen molar-refractivity contribution in [3.8, 4) is 11.8 Å². The lowest BCUT2D eigenvalue weighted by molar-refractivity contribution is 0.437. The molecular formula is C20H20FN9O. The minimum Gasteiger partial charge on any atom is -0.422 e. The lowest BCUT2D eigenvalue weighted by Crippen LogP contribution is -2.24. The Kier molecular flexibility index (Phi) is 3.78. The minimum atomic E-state index is -0.498. The minimum absolute atomic E-state index is 0.0986. The Morgan fingerprint density at radius 1 is 1.32 bits per heavy atom. The summed E-state index contributed by atoms with van der Waals surface area (Å²) in [5.74, 6) is 1.10. The number of aromatic amines is 1. The van der Waals surface area contributed by atoms with E-state index in [0.717, 1.165) is 48.5 Å². The van der Waals surface area contributed by atoms with Gasteiger partial charge in [0.1, 0.15) is 34.6 Å². The zero-order valence-electron chi connectivity index (χ0n) is 16.8. The molecule has 4 N–H and O–H groups in total. The van der Waals surface area contributed by atoms with Crippen LogP contribution in [0.1, 0.15) is 12.8 Å². The number of ether oxygens (including phenoxy) is 1. The van der Waals surface area contributed by atoms with E-state index in [4.69, 9.17) is 15.5 Å². The number of nitrogens with zero attached hydrogens (tertiary/aromatic N) is 6. The summed E-state index contributed by atoms with van der Waals surface area (Å²) < 4.78 is 19.3. The molecule has 2 atom stereocenters. The van der Waals surface area contributed by atoms with Gasteiger partial charge in [-0.3, -0.25) is 4.98 Å². The van der Waals surface area contributed by atoms with Crippen molar-refractivity contribution in [1.29, 1.82) is 0 Å². The van der Waals surface area contributed by atoms with Gasteiger partial charge in [-0.2, -0.15) is 9.97 Å². The van der Waals surface area contributed by atoms with Gasteiger partial charge in [-0.25, -0.2) is 14.4 Å². The highest BCUT2D eigenvalue weighted by molar-refractivity contribution is 6.11. The van der Waals surface area contributed by atoms with Gasteiger partial charge in [0.15, 0.2) is 11.6 Å². The number of anilines is 2. The lowest BCUT2D eigenvalue weighted by Gasteiger charge is -2.19. The second-order valence-corrected chi connectivity index (χ2v) is 8.16. The van der Waals surface area contributed by atoms with Crippen molar-refractivity contribution in [2.75, 3.05) is 30.4 Å². The Hall–Kier alpha value is -3.60. The highest BCUT2D eigenvalue weighted by atomic mass is 19.1. The van der Waals surface area contributed by atoms with Crippen LogP contribution in [-0.2, 0) is 0 Å². The summed E-state index contributed by atoms with van der Waals surface area (Å²) in [7, 11) is 1.80. The highest BCUT2D eigenvalue weighted by Gasteiger charge is 2.56. The van der Waals surface area contributed by atoms with Gasteiger partial charge >= 0.3 is 6.01 Å². The molecule has 0 radical (unpaired) electrons. The molecular weight excluding hydrogens is 401 g/mol. The van der Waals surface area contributed by atoms with E-state index in [2.05, 4.69) is 35.1 Å². The van der Waals surface area contributed by atoms with Crippen LogP contribution in [0.5, 0.6) is 11.8 Å². The van der Waals surface area contributed by atoms with E-state index in [0.29, 0.717) is 17.3 Å². The smallest absolute Gasteiger partial charge is 0.326 e. The van der Waals surface area contributed by atoms with Crippen LogP contribution in [0.4, 0.5) is 16.0 Å². The Balaban J connectivity index is 1.52. The van der Waals surface area contributed by atoms with Crippen LogP contribution in [0.15, 0.2) is 24.8 Å². The van der Waals surface area contributed by atoms with Gasteiger partial charge in [0, 0.05) is 37.7 Å². The van der Waals surface area contributed by atoms with Crippen LogP contribution in [0.3, 0.4) is 0 Å². The van der Waals surface area contributed by atoms with Gasteiger partial charge in [-0.05, 0) is 12.8 Å². The van der Waals surface area contributed by atoms with E-state index in [1.165, 1.54) is 18.6 Å². The van der Waals surface area contributed by atoms with Crippen molar-refractivity contribution in [2.45, 2.75) is 18.9 Å². The summed E-state index contributed by atoms with van der Waals surface area (Å²) in [6.45, 7) is 1.65. The number of nitrogens with one attached hydrogen (secondary N) is 2. The molecule has 0 aromatic carbocycles. The molecule has 1 aliphatic heterocycles. The Morgan fingerprint density at radius 3 is 2.94 bits per heavy atom. The molecule has 6 rings (SSSR count). The topological polar surface area (TPSA) is 131 Å². The van der Waals surface area contributed by atoms with Crippen LogP contribution in [0, 0.1) is 11.2 Å². The van der Waals surface area contributed by atoms with E-state index >= 15 is 0 Å². The molecule has 1 spiro atoms. The fourth-order valence-electron chi connectivity index (χ4n) is 4.49. The fourth-order valence-corrected chi connectivity index (χ4v) is 4.49. The summed E-state index contributed by atoms with van der Waals surface area (Å²) in [6, 6.07) is 1.57. The number of hydrogen-bond donors (Lipinski definition) is 3. The number of aromatic nitrogens is 6. The van der Waals surface area contributed by atoms with E-state index in [9.17, 15) is 4.39 Å². The molecule has 11 heteroatoms. The van der Waals surface area contributed by atoms with Gasteiger partial charge in [0.2, 0.25) is 0 Å². The molecule has 10 nitrogen and oxygen atoms in total. The van der Waals surface area contributed by atoms with Crippen molar-refractivity contribution in [1.82, 2.24) is 29.9 Å². The van der Waals surface area contributed by atoms with Gasteiger partial charge < -0.3 is 25.7 Å². The van der Waals surface area contributed by atoms with Gasteiger partial charge in [0.05, 0.1) is 17.8 Å². The van der Waals surface area contributed by atoms with Crippen LogP contribution in [-0.4, -0.2) is 56.1 Å². The number of halogens is 1. The average molecular weight is 421 g/mol. The molecule has 1 saturated heterocycles. The monoisotopic (exact) mass is 421 g/mol. The molecule has 4 aromatic rings. The third kappa shape index (κ3) is 2.84. The van der Waals surface area contributed by atoms with E-state index in [1.54, 1.807) is 7.05 Å². The first-order valence-corrected chi connectivity index (χ1v) is 10.1. The van der Waals surface area contributed by atoms with E-state index in [1.807, 2.05) is 0 Å². The third-order valence-corrected chi connectivity index (χ3v) is 6.26. The predicted molar refractivity (Wildman–Crippen MR) is 113 cm³/mol. The number of nitrogens with two attached hydrogens (primary N) is 1. The maximum Gasteiger partial charge on any atom is 0.326 e. The third-order valence-electron chi connectivity index (χ3n) is 6.26. The molecule has 31 heavy (non-hydrogen) atoms. The largest absolute Gasteiger partial charge is 0.422 e. The second kappa shape index (κ2) is 6.45. The van der Waals surface area contributed by atoms with Crippen molar-refractivity contribution in [3.05, 3.63) is 30.6 Å². The summed E-state index contributed by atoms with van der Waals surface area (Å²) in [4.78, 5) is 27.3. The molecule has 2 fully saturated rings. The van der Waals surface area contributed by atoms with Crippen LogP contribution in [0.2, 0.25) is 0 Å². The van der Waals surface area contributed by atoms with Crippen LogP contribution >= 0.6 is 0 Å². The van der Waals surface area contributed by atoms with Gasteiger partial charge in [-0.1, -0.05) is 0 Å². The molecule has 158 valence electrons. The van der Waals surface area contributed by atoms with Gasteiger partial charge in [-0.15, -0.1) is 0 Å². The molecule has 2 unspecified atom stereocenters. The summed E-state index contributed by atoms with van der Waals surface area (Å²) in [5, 5.41) is 3.86. The summed E-state index contributed by atoms with van der Waals surface area (Å²) in [6.07, 6.45) is 6.08. The number of rotatable bonds is 4. The van der Waals surface area contributed by atoms with Crippen molar-refractivity contribution in [3.63, 3.8) is 0 Å². The average Bonchev–Trinajstić information content (AvgIpc) is 3.08. The normalized spacial score (nSPS) is 22.5. The molecule has 1 saturated carbocycles. The van der Waals surface area contributed by atoms with Crippen molar-refractivity contribution in [2.24, 2.45) is 11.1 Å². The molecule has 4 aromatic heterocycles. The first kappa shape index (κ1) is 18.2. The zero-order valence-corrected chi connectivity index (χ0v) is 16.8. The Labute approximate surface area is 176 Å². The quantitative estimate of drug-likeness (QED) is 0.454. The van der Waals surface area contributed by atoms with Crippen LogP contribution in [0.25, 0.3) is 22.1 Å². The highest BCUT2D eigenvalue weighted by Crippen LogP contribution is 2.53. The first-order valence-electron chi connectivity index (χ1n) is 10.1. The number of fused-ring (bicyclic) bond motifs is 3. The maximum absolute atomic E-state index is 13.6. The zero-order chi connectivity index (χ0) is 21.2.